The molecule has 0 radical (unpaired) electrons. The molecule has 38 heavy (non-hydrogen) atoms. The van der Waals surface area contributed by atoms with Crippen molar-refractivity contribution in [3.63, 3.8) is 0 Å². The van der Waals surface area contributed by atoms with Crippen molar-refractivity contribution in [2.75, 3.05) is 60.1 Å². The van der Waals surface area contributed by atoms with Crippen LogP contribution >= 0.6 is 11.9 Å². The van der Waals surface area contributed by atoms with E-state index >= 15 is 0 Å². The lowest BCUT2D eigenvalue weighted by Gasteiger charge is -2.24. The first-order valence-corrected chi connectivity index (χ1v) is 14.2. The molecule has 1 amide bonds. The summed E-state index contributed by atoms with van der Waals surface area (Å²) in [6.45, 7) is 9.10. The largest absolute Gasteiger partial charge is 0.497 e. The third-order valence-corrected chi connectivity index (χ3v) is 7.77. The van der Waals surface area contributed by atoms with Gasteiger partial charge in [0.1, 0.15) is 18.2 Å². The zero-order valence-electron chi connectivity index (χ0n) is 23.3. The molecule has 1 aliphatic rings. The molecule has 0 spiro atoms. The van der Waals surface area contributed by atoms with Crippen LogP contribution in [0.2, 0.25) is 0 Å². The molecule has 1 aliphatic heterocycles. The lowest BCUT2D eigenvalue weighted by atomic mass is 10.1. The van der Waals surface area contributed by atoms with Crippen LogP contribution in [0.3, 0.4) is 0 Å². The summed E-state index contributed by atoms with van der Waals surface area (Å²) in [5.41, 5.74) is 10.2. The molecule has 9 heteroatoms. The smallest absolute Gasteiger partial charge is 0.248 e. The molecule has 0 unspecified atom stereocenters. The third kappa shape index (κ3) is 9.31. The zero-order valence-corrected chi connectivity index (χ0v) is 24.1. The number of nitrogens with two attached hydrogens (primary N) is 1. The number of unbranched alkanes of at least 4 members (excludes halogenated alkanes) is 2. The highest BCUT2D eigenvalue weighted by Gasteiger charge is 2.16. The molecule has 2 aromatic carbocycles. The maximum absolute atomic E-state index is 13.1. The number of nitrogens with zero attached hydrogens (tertiary/aromatic N) is 3. The van der Waals surface area contributed by atoms with Gasteiger partial charge in [-0.1, -0.05) is 30.7 Å². The number of carbonyl (C=O) groups is 1. The average Bonchev–Trinajstić information content (AvgIpc) is 3.45. The van der Waals surface area contributed by atoms with Crippen LogP contribution in [0.1, 0.15) is 41.5 Å². The van der Waals surface area contributed by atoms with Gasteiger partial charge in [-0.05, 0) is 81.1 Å². The molecule has 1 heterocycles. The molecule has 3 N–H and O–H groups in total. The predicted molar refractivity (Wildman–Crippen MR) is 156 cm³/mol. The van der Waals surface area contributed by atoms with Crippen LogP contribution < -0.4 is 15.8 Å². The topological polar surface area (TPSA) is 92.4 Å². The molecule has 208 valence electrons. The minimum atomic E-state index is 0.0146. The molecule has 0 aromatic heterocycles. The molecule has 0 atom stereocenters. The molecule has 0 aliphatic carbocycles. The number of ether oxygens (including phenoxy) is 2. The van der Waals surface area contributed by atoms with E-state index in [0.717, 1.165) is 55.1 Å². The number of aliphatic imine (C=N–C) groups is 1. The normalized spacial score (nSPS) is 12.9. The summed E-state index contributed by atoms with van der Waals surface area (Å²) >= 11 is 1.69. The maximum atomic E-state index is 13.1. The highest BCUT2D eigenvalue weighted by Crippen LogP contribution is 2.31. The van der Waals surface area contributed by atoms with E-state index in [-0.39, 0.29) is 12.5 Å². The highest BCUT2D eigenvalue weighted by molar-refractivity contribution is 7.97. The van der Waals surface area contributed by atoms with Gasteiger partial charge in [-0.25, -0.2) is 4.31 Å². The molecular formula is C29H43N5O3S. The number of aryl methyl sites for hydroxylation is 2. The number of amidine groups is 1. The number of hydrogen-bond acceptors (Lipinski definition) is 8. The minimum Gasteiger partial charge on any atom is -0.497 e. The lowest BCUT2D eigenvalue weighted by molar-refractivity contribution is -0.136. The second-order valence-electron chi connectivity index (χ2n) is 9.60. The van der Waals surface area contributed by atoms with Crippen molar-refractivity contribution >= 4 is 23.7 Å². The Bertz CT molecular complexity index is 1040. The van der Waals surface area contributed by atoms with E-state index in [4.69, 9.17) is 15.2 Å². The van der Waals surface area contributed by atoms with Gasteiger partial charge in [0.15, 0.2) is 0 Å². The Hall–Kier alpha value is -2.59. The van der Waals surface area contributed by atoms with Gasteiger partial charge < -0.3 is 25.4 Å². The van der Waals surface area contributed by atoms with E-state index in [1.54, 1.807) is 19.1 Å². The van der Waals surface area contributed by atoms with Crippen molar-refractivity contribution in [1.82, 2.24) is 14.5 Å². The molecule has 0 saturated heterocycles. The van der Waals surface area contributed by atoms with Gasteiger partial charge >= 0.3 is 0 Å². The predicted octanol–water partition coefficient (Wildman–Crippen LogP) is 3.78. The SMILES string of the molecule is COc1cc(C)c(SN(C)CCOCC(=O)N(CCCCCN)Cc2ccc(C3=NCCN3)cc2)c(C)c1. The van der Waals surface area contributed by atoms with Crippen molar-refractivity contribution in [3.05, 3.63) is 58.7 Å². The van der Waals surface area contributed by atoms with Gasteiger partial charge in [-0.2, -0.15) is 0 Å². The number of amides is 1. The molecule has 3 rings (SSSR count). The number of carbonyl (C=O) groups excluding carboxylic acids is 1. The molecule has 8 nitrogen and oxygen atoms in total. The van der Waals surface area contributed by atoms with Gasteiger partial charge in [0.2, 0.25) is 5.91 Å². The molecule has 0 fully saturated rings. The first kappa shape index (κ1) is 30.0. The molecule has 0 bridgehead atoms. The van der Waals surface area contributed by atoms with E-state index < -0.39 is 0 Å². The van der Waals surface area contributed by atoms with Crippen molar-refractivity contribution in [2.45, 2.75) is 44.6 Å². The Kier molecular flexibility index (Phi) is 12.4. The number of hydrogen-bond donors (Lipinski definition) is 2. The number of nitrogens with one attached hydrogen (secondary N) is 1. The maximum Gasteiger partial charge on any atom is 0.248 e. The first-order valence-electron chi connectivity index (χ1n) is 13.4. The van der Waals surface area contributed by atoms with E-state index in [0.29, 0.717) is 32.8 Å². The standard InChI is InChI=1S/C29H43N5O3S/c1-22-18-26(36-4)19-23(2)28(22)38-33(3)16-17-37-21-27(35)34(15-7-5-6-12-30)20-24-8-10-25(11-9-24)29-31-13-14-32-29/h8-11,18-19H,5-7,12-17,20-21,30H2,1-4H3,(H,31,32). The first-order chi connectivity index (χ1) is 18.4. The summed E-state index contributed by atoms with van der Waals surface area (Å²) in [6.07, 6.45) is 2.92. The number of benzene rings is 2. The molecule has 0 saturated carbocycles. The fourth-order valence-electron chi connectivity index (χ4n) is 4.31. The Labute approximate surface area is 232 Å². The van der Waals surface area contributed by atoms with Crippen LogP contribution in [0.25, 0.3) is 0 Å². The van der Waals surface area contributed by atoms with Gasteiger partial charge in [0, 0.05) is 36.6 Å². The van der Waals surface area contributed by atoms with Crippen LogP contribution in [0.4, 0.5) is 0 Å². The second-order valence-corrected chi connectivity index (χ2v) is 10.8. The van der Waals surface area contributed by atoms with Gasteiger partial charge in [-0.3, -0.25) is 9.79 Å². The Morgan fingerprint density at radius 3 is 2.47 bits per heavy atom. The van der Waals surface area contributed by atoms with Crippen LogP contribution in [0.5, 0.6) is 5.75 Å². The number of likely N-dealkylation sites (N-methyl/N-ethyl adjacent to an activating group) is 1. The Balaban J connectivity index is 1.48. The number of rotatable bonds is 16. The fraction of sp³-hybridized carbons (Fsp3) is 0.517. The van der Waals surface area contributed by atoms with Crippen molar-refractivity contribution in [2.24, 2.45) is 10.7 Å². The monoisotopic (exact) mass is 541 g/mol. The van der Waals surface area contributed by atoms with Gasteiger partial charge in [0.05, 0.1) is 20.3 Å². The zero-order chi connectivity index (χ0) is 27.3. The van der Waals surface area contributed by atoms with E-state index in [1.807, 2.05) is 24.1 Å². The number of methoxy groups -OCH3 is 1. The Morgan fingerprint density at radius 1 is 1.11 bits per heavy atom. The van der Waals surface area contributed by atoms with Crippen LogP contribution in [0, 0.1) is 13.8 Å². The summed E-state index contributed by atoms with van der Waals surface area (Å²) < 4.78 is 13.3. The van der Waals surface area contributed by atoms with Crippen LogP contribution in [-0.4, -0.2) is 81.0 Å². The lowest BCUT2D eigenvalue weighted by Crippen LogP contribution is -2.35. The minimum absolute atomic E-state index is 0.0146. The van der Waals surface area contributed by atoms with Crippen molar-refractivity contribution < 1.29 is 14.3 Å². The quantitative estimate of drug-likeness (QED) is 0.247. The van der Waals surface area contributed by atoms with Gasteiger partial charge in [0.25, 0.3) is 0 Å². The Morgan fingerprint density at radius 2 is 1.84 bits per heavy atom. The second kappa shape index (κ2) is 15.7. The summed E-state index contributed by atoms with van der Waals surface area (Å²) in [7, 11) is 3.73. The summed E-state index contributed by atoms with van der Waals surface area (Å²) in [5, 5.41) is 3.30. The average molecular weight is 542 g/mol. The molecule has 2 aromatic rings. The fourth-order valence-corrected chi connectivity index (χ4v) is 5.20. The van der Waals surface area contributed by atoms with Crippen LogP contribution in [0.15, 0.2) is 46.3 Å². The van der Waals surface area contributed by atoms with Crippen molar-refractivity contribution in [1.29, 1.82) is 0 Å². The molecular weight excluding hydrogens is 498 g/mol. The summed E-state index contributed by atoms with van der Waals surface area (Å²) in [5.74, 6) is 1.83. The van der Waals surface area contributed by atoms with E-state index in [1.165, 1.54) is 16.0 Å². The summed E-state index contributed by atoms with van der Waals surface area (Å²) in [6, 6.07) is 12.4. The highest BCUT2D eigenvalue weighted by atomic mass is 32.2. The summed E-state index contributed by atoms with van der Waals surface area (Å²) in [4.78, 5) is 20.7. The third-order valence-electron chi connectivity index (χ3n) is 6.45. The van der Waals surface area contributed by atoms with E-state index in [9.17, 15) is 4.79 Å². The van der Waals surface area contributed by atoms with Gasteiger partial charge in [-0.15, -0.1) is 0 Å². The van der Waals surface area contributed by atoms with E-state index in [2.05, 4.69) is 52.7 Å². The van der Waals surface area contributed by atoms with Crippen molar-refractivity contribution in [3.8, 4) is 5.75 Å². The van der Waals surface area contributed by atoms with Crippen LogP contribution in [-0.2, 0) is 16.1 Å².